The number of hydrogen-bond acceptors (Lipinski definition) is 6. The maximum absolute atomic E-state index is 13.2. The Morgan fingerprint density at radius 1 is 1.14 bits per heavy atom. The van der Waals surface area contributed by atoms with Crippen molar-refractivity contribution in [2.75, 3.05) is 13.2 Å². The monoisotopic (exact) mass is 397 g/mol. The van der Waals surface area contributed by atoms with Crippen LogP contribution in [0, 0.1) is 5.82 Å². The molecule has 1 saturated heterocycles. The van der Waals surface area contributed by atoms with E-state index in [1.54, 1.807) is 27.8 Å². The van der Waals surface area contributed by atoms with E-state index in [4.69, 9.17) is 9.26 Å². The van der Waals surface area contributed by atoms with Crippen molar-refractivity contribution in [3.8, 4) is 17.3 Å². The Bertz CT molecular complexity index is 1010. The predicted octanol–water partition coefficient (Wildman–Crippen LogP) is 3.22. The van der Waals surface area contributed by atoms with Crippen LogP contribution in [0.1, 0.15) is 48.0 Å². The number of fused-ring (bicyclic) bond motifs is 1. The van der Waals surface area contributed by atoms with Crippen LogP contribution in [-0.2, 0) is 6.54 Å². The SMILES string of the molecule is O=C(c1cc2n(n1)CCO2)N1CCCCCC1c1noc(-c2ccc(F)cc2)n1. The summed E-state index contributed by atoms with van der Waals surface area (Å²) in [7, 11) is 0. The fourth-order valence-corrected chi connectivity index (χ4v) is 3.86. The first kappa shape index (κ1) is 17.8. The third kappa shape index (κ3) is 3.37. The van der Waals surface area contributed by atoms with Crippen LogP contribution < -0.4 is 4.74 Å². The lowest BCUT2D eigenvalue weighted by molar-refractivity contribution is 0.0663. The van der Waals surface area contributed by atoms with Crippen LogP contribution in [-0.4, -0.2) is 43.9 Å². The molecule has 1 fully saturated rings. The number of rotatable bonds is 3. The van der Waals surface area contributed by atoms with Gasteiger partial charge in [0.15, 0.2) is 11.5 Å². The Hall–Kier alpha value is -3.23. The molecule has 8 nitrogen and oxygen atoms in total. The van der Waals surface area contributed by atoms with Gasteiger partial charge in [-0.1, -0.05) is 18.0 Å². The van der Waals surface area contributed by atoms with E-state index in [9.17, 15) is 9.18 Å². The normalized spacial score (nSPS) is 18.9. The van der Waals surface area contributed by atoms with Crippen molar-refractivity contribution >= 4 is 5.91 Å². The number of aromatic nitrogens is 4. The van der Waals surface area contributed by atoms with Crippen molar-refractivity contribution < 1.29 is 18.4 Å². The first-order valence-electron chi connectivity index (χ1n) is 9.80. The first-order valence-corrected chi connectivity index (χ1v) is 9.80. The van der Waals surface area contributed by atoms with Crippen LogP contribution in [0.2, 0.25) is 0 Å². The van der Waals surface area contributed by atoms with Gasteiger partial charge in [-0.3, -0.25) is 4.79 Å². The molecule has 3 aromatic rings. The van der Waals surface area contributed by atoms with E-state index >= 15 is 0 Å². The largest absolute Gasteiger partial charge is 0.476 e. The van der Waals surface area contributed by atoms with E-state index in [0.717, 1.165) is 25.7 Å². The third-order valence-corrected chi connectivity index (χ3v) is 5.36. The zero-order chi connectivity index (χ0) is 19.8. The standard InChI is InChI=1S/C20H20FN5O3/c21-14-7-5-13(6-8-14)19-22-18(24-29-19)16-4-2-1-3-9-25(16)20(27)15-12-17-26(23-15)10-11-28-17/h5-8,12,16H,1-4,9-11H2. The van der Waals surface area contributed by atoms with Gasteiger partial charge in [0.1, 0.15) is 12.4 Å². The number of halogens is 1. The van der Waals surface area contributed by atoms with E-state index < -0.39 is 0 Å². The lowest BCUT2D eigenvalue weighted by Crippen LogP contribution is -2.35. The van der Waals surface area contributed by atoms with E-state index in [0.29, 0.717) is 48.5 Å². The highest BCUT2D eigenvalue weighted by Gasteiger charge is 2.33. The van der Waals surface area contributed by atoms with Crippen LogP contribution in [0.4, 0.5) is 4.39 Å². The molecule has 4 heterocycles. The molecule has 29 heavy (non-hydrogen) atoms. The third-order valence-electron chi connectivity index (χ3n) is 5.36. The average molecular weight is 397 g/mol. The minimum absolute atomic E-state index is 0.157. The molecule has 0 aliphatic carbocycles. The van der Waals surface area contributed by atoms with Gasteiger partial charge in [-0.25, -0.2) is 9.07 Å². The summed E-state index contributed by atoms with van der Waals surface area (Å²) in [4.78, 5) is 19.5. The number of carbonyl (C=O) groups is 1. The summed E-state index contributed by atoms with van der Waals surface area (Å²) < 4.78 is 25.8. The highest BCUT2D eigenvalue weighted by Crippen LogP contribution is 2.32. The van der Waals surface area contributed by atoms with Gasteiger partial charge in [-0.05, 0) is 37.1 Å². The minimum atomic E-state index is -0.329. The van der Waals surface area contributed by atoms with Crippen molar-refractivity contribution in [3.63, 3.8) is 0 Å². The molecule has 1 atom stereocenters. The fraction of sp³-hybridized carbons (Fsp3) is 0.400. The van der Waals surface area contributed by atoms with Crippen molar-refractivity contribution in [3.05, 3.63) is 47.7 Å². The molecular formula is C20H20FN5O3. The Kier molecular flexibility index (Phi) is 4.49. The summed E-state index contributed by atoms with van der Waals surface area (Å²) in [6, 6.07) is 7.28. The maximum atomic E-state index is 13.2. The summed E-state index contributed by atoms with van der Waals surface area (Å²) in [6.45, 7) is 1.84. The average Bonchev–Trinajstić information content (AvgIpc) is 3.41. The molecule has 0 radical (unpaired) electrons. The second-order valence-corrected chi connectivity index (χ2v) is 7.27. The number of ether oxygens (including phenoxy) is 1. The number of benzene rings is 1. The maximum Gasteiger partial charge on any atom is 0.275 e. The van der Waals surface area contributed by atoms with Gasteiger partial charge >= 0.3 is 0 Å². The van der Waals surface area contributed by atoms with Crippen LogP contribution in [0.25, 0.3) is 11.5 Å². The van der Waals surface area contributed by atoms with Crippen LogP contribution in [0.15, 0.2) is 34.9 Å². The van der Waals surface area contributed by atoms with Crippen LogP contribution in [0.5, 0.6) is 5.88 Å². The quantitative estimate of drug-likeness (QED) is 0.675. The second kappa shape index (κ2) is 7.31. The van der Waals surface area contributed by atoms with Gasteiger partial charge in [0, 0.05) is 18.2 Å². The van der Waals surface area contributed by atoms with Gasteiger partial charge in [-0.2, -0.15) is 10.1 Å². The number of carbonyl (C=O) groups excluding carboxylic acids is 1. The van der Waals surface area contributed by atoms with Crippen molar-refractivity contribution in [1.82, 2.24) is 24.8 Å². The summed E-state index contributed by atoms with van der Waals surface area (Å²) >= 11 is 0. The molecule has 0 spiro atoms. The summed E-state index contributed by atoms with van der Waals surface area (Å²) in [6.07, 6.45) is 3.66. The lowest BCUT2D eigenvalue weighted by atomic mass is 10.1. The lowest BCUT2D eigenvalue weighted by Gasteiger charge is -2.27. The van der Waals surface area contributed by atoms with Crippen LogP contribution >= 0.6 is 0 Å². The molecular weight excluding hydrogens is 377 g/mol. The molecule has 1 unspecified atom stereocenters. The summed E-state index contributed by atoms with van der Waals surface area (Å²) in [5.41, 5.74) is 1.01. The predicted molar refractivity (Wildman–Crippen MR) is 99.7 cm³/mol. The number of hydrogen-bond donors (Lipinski definition) is 0. The van der Waals surface area contributed by atoms with Gasteiger partial charge < -0.3 is 14.2 Å². The topological polar surface area (TPSA) is 86.3 Å². The van der Waals surface area contributed by atoms with E-state index in [1.165, 1.54) is 12.1 Å². The Morgan fingerprint density at radius 3 is 2.83 bits per heavy atom. The fourth-order valence-electron chi connectivity index (χ4n) is 3.86. The van der Waals surface area contributed by atoms with Gasteiger partial charge in [-0.15, -0.1) is 0 Å². The summed E-state index contributed by atoms with van der Waals surface area (Å²) in [5.74, 6) is 0.909. The Labute approximate surface area is 166 Å². The molecule has 2 aliphatic heterocycles. The van der Waals surface area contributed by atoms with Gasteiger partial charge in [0.25, 0.3) is 11.8 Å². The molecule has 0 bridgehead atoms. The highest BCUT2D eigenvalue weighted by molar-refractivity contribution is 5.93. The Morgan fingerprint density at radius 2 is 2.00 bits per heavy atom. The van der Waals surface area contributed by atoms with E-state index in [-0.39, 0.29) is 17.8 Å². The van der Waals surface area contributed by atoms with E-state index in [2.05, 4.69) is 15.2 Å². The molecule has 0 N–H and O–H groups in total. The van der Waals surface area contributed by atoms with Gasteiger partial charge in [0.2, 0.25) is 5.88 Å². The smallest absolute Gasteiger partial charge is 0.275 e. The zero-order valence-corrected chi connectivity index (χ0v) is 15.8. The van der Waals surface area contributed by atoms with Crippen molar-refractivity contribution in [2.24, 2.45) is 0 Å². The van der Waals surface area contributed by atoms with Gasteiger partial charge in [0.05, 0.1) is 12.6 Å². The first-order chi connectivity index (χ1) is 14.2. The molecule has 2 aromatic heterocycles. The van der Waals surface area contributed by atoms with Crippen molar-refractivity contribution in [2.45, 2.75) is 38.3 Å². The zero-order valence-electron chi connectivity index (χ0n) is 15.8. The Balaban J connectivity index is 1.43. The van der Waals surface area contributed by atoms with Crippen molar-refractivity contribution in [1.29, 1.82) is 0 Å². The molecule has 2 aliphatic rings. The molecule has 0 saturated carbocycles. The summed E-state index contributed by atoms with van der Waals surface area (Å²) in [5, 5.41) is 8.52. The molecule has 1 aromatic carbocycles. The number of amides is 1. The molecule has 9 heteroatoms. The number of nitrogens with zero attached hydrogens (tertiary/aromatic N) is 5. The van der Waals surface area contributed by atoms with E-state index in [1.807, 2.05) is 0 Å². The minimum Gasteiger partial charge on any atom is -0.476 e. The second-order valence-electron chi connectivity index (χ2n) is 7.27. The van der Waals surface area contributed by atoms with Crippen LogP contribution in [0.3, 0.4) is 0 Å². The number of likely N-dealkylation sites (tertiary alicyclic amines) is 1. The molecule has 5 rings (SSSR count). The molecule has 150 valence electrons. The highest BCUT2D eigenvalue weighted by atomic mass is 19.1. The molecule has 1 amide bonds.